The fourth-order valence-electron chi connectivity index (χ4n) is 2.94. The lowest BCUT2D eigenvalue weighted by Gasteiger charge is -2.14. The summed E-state index contributed by atoms with van der Waals surface area (Å²) in [6.45, 7) is 0.290. The second-order valence-electron chi connectivity index (χ2n) is 5.82. The summed E-state index contributed by atoms with van der Waals surface area (Å²) in [5.74, 6) is -0.230. The molecule has 1 aliphatic heterocycles. The Kier molecular flexibility index (Phi) is 4.12. The lowest BCUT2D eigenvalue weighted by molar-refractivity contribution is -0.123. The molecule has 0 saturated carbocycles. The summed E-state index contributed by atoms with van der Waals surface area (Å²) in [4.78, 5) is 26.8. The second kappa shape index (κ2) is 6.57. The molecule has 1 heterocycles. The number of fused-ring (bicyclic) bond motifs is 1. The van der Waals surface area contributed by atoms with E-state index in [1.807, 2.05) is 72.8 Å². The van der Waals surface area contributed by atoms with Gasteiger partial charge in [0.2, 0.25) is 0 Å². The third-order valence-electron chi connectivity index (χ3n) is 4.18. The molecule has 0 atom stereocenters. The van der Waals surface area contributed by atoms with Crippen LogP contribution in [-0.2, 0) is 11.3 Å². The Morgan fingerprint density at radius 1 is 0.840 bits per heavy atom. The highest BCUT2D eigenvalue weighted by atomic mass is 32.2. The smallest absolute Gasteiger partial charge is 0.268 e. The van der Waals surface area contributed by atoms with E-state index in [4.69, 9.17) is 0 Å². The fraction of sp³-hybridized carbons (Fsp3) is 0.0476. The van der Waals surface area contributed by atoms with Crippen molar-refractivity contribution < 1.29 is 9.59 Å². The number of thioether (sulfide) groups is 1. The van der Waals surface area contributed by atoms with Crippen molar-refractivity contribution in [3.63, 3.8) is 0 Å². The topological polar surface area (TPSA) is 37.4 Å². The van der Waals surface area contributed by atoms with E-state index < -0.39 is 0 Å². The van der Waals surface area contributed by atoms with Crippen LogP contribution in [-0.4, -0.2) is 16.0 Å². The van der Waals surface area contributed by atoms with Gasteiger partial charge in [0.05, 0.1) is 11.4 Å². The van der Waals surface area contributed by atoms with E-state index in [-0.39, 0.29) is 17.7 Å². The zero-order valence-corrected chi connectivity index (χ0v) is 14.2. The van der Waals surface area contributed by atoms with Crippen molar-refractivity contribution in [3.05, 3.63) is 88.8 Å². The molecule has 0 aromatic heterocycles. The van der Waals surface area contributed by atoms with Crippen LogP contribution in [0, 0.1) is 0 Å². The molecule has 1 fully saturated rings. The van der Waals surface area contributed by atoms with Gasteiger partial charge in [0.25, 0.3) is 11.1 Å². The summed E-state index contributed by atoms with van der Waals surface area (Å²) in [7, 11) is 0. The molecule has 4 heteroatoms. The molecule has 25 heavy (non-hydrogen) atoms. The summed E-state index contributed by atoms with van der Waals surface area (Å²) >= 11 is 1.000. The summed E-state index contributed by atoms with van der Waals surface area (Å²) in [5.41, 5.74) is 1.89. The fourth-order valence-corrected chi connectivity index (χ4v) is 3.78. The number of hydrogen-bond donors (Lipinski definition) is 0. The molecule has 0 radical (unpaired) electrons. The number of carbonyl (C=O) groups excluding carboxylic acids is 2. The van der Waals surface area contributed by atoms with Gasteiger partial charge in [-0.25, -0.2) is 0 Å². The molecule has 0 aliphatic carbocycles. The summed E-state index contributed by atoms with van der Waals surface area (Å²) in [6, 6.07) is 23.5. The van der Waals surface area contributed by atoms with E-state index in [0.717, 1.165) is 33.7 Å². The van der Waals surface area contributed by atoms with Gasteiger partial charge in [0.1, 0.15) is 0 Å². The monoisotopic (exact) mass is 345 g/mol. The van der Waals surface area contributed by atoms with Crippen molar-refractivity contribution >= 4 is 39.8 Å². The number of benzene rings is 3. The van der Waals surface area contributed by atoms with Crippen molar-refractivity contribution in [3.8, 4) is 0 Å². The van der Waals surface area contributed by atoms with Gasteiger partial charge in [0.15, 0.2) is 0 Å². The molecule has 1 saturated heterocycles. The van der Waals surface area contributed by atoms with Gasteiger partial charge in [-0.1, -0.05) is 72.8 Å². The minimum absolute atomic E-state index is 0.222. The van der Waals surface area contributed by atoms with Gasteiger partial charge >= 0.3 is 0 Å². The maximum atomic E-state index is 12.7. The van der Waals surface area contributed by atoms with Gasteiger partial charge < -0.3 is 0 Å². The molecule has 1 aliphatic rings. The van der Waals surface area contributed by atoms with E-state index in [2.05, 4.69) is 0 Å². The molecule has 0 N–H and O–H groups in total. The Hall–Kier alpha value is -2.85. The zero-order valence-electron chi connectivity index (χ0n) is 13.4. The number of amides is 2. The predicted molar refractivity (Wildman–Crippen MR) is 102 cm³/mol. The highest BCUT2D eigenvalue weighted by Gasteiger charge is 2.35. The normalized spacial score (nSPS) is 16.2. The van der Waals surface area contributed by atoms with Crippen LogP contribution in [0.3, 0.4) is 0 Å². The molecule has 2 amide bonds. The second-order valence-corrected chi connectivity index (χ2v) is 6.81. The number of nitrogens with zero attached hydrogens (tertiary/aromatic N) is 1. The van der Waals surface area contributed by atoms with Crippen LogP contribution in [0.2, 0.25) is 0 Å². The van der Waals surface area contributed by atoms with Crippen molar-refractivity contribution in [2.45, 2.75) is 6.54 Å². The van der Waals surface area contributed by atoms with Gasteiger partial charge in [-0.05, 0) is 39.7 Å². The molecule has 0 unspecified atom stereocenters. The van der Waals surface area contributed by atoms with Gasteiger partial charge in [-0.3, -0.25) is 14.5 Å². The van der Waals surface area contributed by atoms with Crippen LogP contribution in [0.15, 0.2) is 77.7 Å². The van der Waals surface area contributed by atoms with Crippen molar-refractivity contribution in [1.29, 1.82) is 0 Å². The van der Waals surface area contributed by atoms with E-state index in [0.29, 0.717) is 4.91 Å². The first kappa shape index (κ1) is 15.7. The maximum absolute atomic E-state index is 12.7. The lowest BCUT2D eigenvalue weighted by atomic mass is 10.0. The number of rotatable bonds is 3. The van der Waals surface area contributed by atoms with E-state index in [9.17, 15) is 9.59 Å². The Bertz CT molecular complexity index is 990. The average molecular weight is 345 g/mol. The highest BCUT2D eigenvalue weighted by Crippen LogP contribution is 2.34. The third kappa shape index (κ3) is 3.08. The molecular weight excluding hydrogens is 330 g/mol. The van der Waals surface area contributed by atoms with Crippen LogP contribution in [0.5, 0.6) is 0 Å². The third-order valence-corrected chi connectivity index (χ3v) is 5.09. The maximum Gasteiger partial charge on any atom is 0.293 e. The first-order valence-electron chi connectivity index (χ1n) is 7.99. The lowest BCUT2D eigenvalue weighted by Crippen LogP contribution is -2.27. The first-order chi connectivity index (χ1) is 12.2. The molecule has 0 spiro atoms. The molecular formula is C21H15NO2S. The Labute approximate surface area is 150 Å². The number of carbonyl (C=O) groups is 2. The Balaban J connectivity index is 1.64. The Morgan fingerprint density at radius 3 is 2.40 bits per heavy atom. The standard InChI is InChI=1S/C21H15NO2S/c23-20-19(13-15-7-2-1-3-8-15)25-21(24)22(20)14-17-11-6-10-16-9-4-5-12-18(16)17/h1-13H,14H2/b19-13+. The minimum atomic E-state index is -0.230. The summed E-state index contributed by atoms with van der Waals surface area (Å²) < 4.78 is 0. The van der Waals surface area contributed by atoms with E-state index >= 15 is 0 Å². The van der Waals surface area contributed by atoms with Crippen LogP contribution in [0.4, 0.5) is 4.79 Å². The highest BCUT2D eigenvalue weighted by molar-refractivity contribution is 8.18. The van der Waals surface area contributed by atoms with Crippen molar-refractivity contribution in [2.75, 3.05) is 0 Å². The minimum Gasteiger partial charge on any atom is -0.268 e. The first-order valence-corrected chi connectivity index (χ1v) is 8.81. The average Bonchev–Trinajstić information content (AvgIpc) is 2.90. The SMILES string of the molecule is O=C1S/C(=C/c2ccccc2)C(=O)N1Cc1cccc2ccccc12. The largest absolute Gasteiger partial charge is 0.293 e. The van der Waals surface area contributed by atoms with Crippen molar-refractivity contribution in [2.24, 2.45) is 0 Å². The van der Waals surface area contributed by atoms with Crippen LogP contribution in [0.1, 0.15) is 11.1 Å². The van der Waals surface area contributed by atoms with Crippen LogP contribution in [0.25, 0.3) is 16.8 Å². The van der Waals surface area contributed by atoms with Crippen LogP contribution < -0.4 is 0 Å². The molecule has 3 nitrogen and oxygen atoms in total. The van der Waals surface area contributed by atoms with Crippen molar-refractivity contribution in [1.82, 2.24) is 4.90 Å². The summed E-state index contributed by atoms with van der Waals surface area (Å²) in [6.07, 6.45) is 1.77. The van der Waals surface area contributed by atoms with Gasteiger partial charge in [0, 0.05) is 0 Å². The molecule has 0 bridgehead atoms. The van der Waals surface area contributed by atoms with E-state index in [1.165, 1.54) is 4.90 Å². The molecule has 122 valence electrons. The zero-order chi connectivity index (χ0) is 17.2. The van der Waals surface area contributed by atoms with Gasteiger partial charge in [-0.2, -0.15) is 0 Å². The number of imide groups is 1. The number of hydrogen-bond acceptors (Lipinski definition) is 3. The predicted octanol–water partition coefficient (Wildman–Crippen LogP) is 5.08. The van der Waals surface area contributed by atoms with Gasteiger partial charge in [-0.15, -0.1) is 0 Å². The molecule has 4 rings (SSSR count). The summed E-state index contributed by atoms with van der Waals surface area (Å²) in [5, 5.41) is 1.95. The Morgan fingerprint density at radius 2 is 1.56 bits per heavy atom. The van der Waals surface area contributed by atoms with E-state index in [1.54, 1.807) is 6.08 Å². The molecule has 3 aromatic carbocycles. The quantitative estimate of drug-likeness (QED) is 0.622. The molecule has 3 aromatic rings. The van der Waals surface area contributed by atoms with Crippen LogP contribution >= 0.6 is 11.8 Å².